The normalized spacial score (nSPS) is 16.3. The molecule has 0 heterocycles. The molecular weight excluding hydrogens is 162 g/mol. The van der Waals surface area contributed by atoms with Crippen molar-refractivity contribution in [1.82, 2.24) is 5.32 Å². The fraction of sp³-hybridized carbons (Fsp3) is 0.909. The van der Waals surface area contributed by atoms with Gasteiger partial charge in [-0.25, -0.2) is 0 Å². The molecule has 78 valence electrons. The molecule has 0 rings (SSSR count). The van der Waals surface area contributed by atoms with E-state index in [0.717, 1.165) is 0 Å². The molecular formula is C11H23NO. The van der Waals surface area contributed by atoms with E-state index in [0.29, 0.717) is 24.2 Å². The van der Waals surface area contributed by atoms with Crippen LogP contribution in [0.1, 0.15) is 48.0 Å². The van der Waals surface area contributed by atoms with Gasteiger partial charge in [0.15, 0.2) is 5.78 Å². The first-order chi connectivity index (χ1) is 5.84. The van der Waals surface area contributed by atoms with Crippen molar-refractivity contribution in [2.75, 3.05) is 0 Å². The third-order valence-electron chi connectivity index (χ3n) is 2.64. The van der Waals surface area contributed by atoms with E-state index < -0.39 is 0 Å². The average Bonchev–Trinajstić information content (AvgIpc) is 2.01. The standard InChI is InChI=1S/C11H23NO/c1-7-10(13)11(6,8(2)3)12-9(4)5/h8-9,12H,7H2,1-6H3. The monoisotopic (exact) mass is 185 g/mol. The molecule has 0 saturated heterocycles. The summed E-state index contributed by atoms with van der Waals surface area (Å²) < 4.78 is 0. The van der Waals surface area contributed by atoms with Crippen LogP contribution in [0.25, 0.3) is 0 Å². The van der Waals surface area contributed by atoms with E-state index in [1.807, 2.05) is 13.8 Å². The number of Topliss-reactive ketones (excluding diaryl/α,β-unsaturated/α-hetero) is 1. The SMILES string of the molecule is CCC(=O)C(C)(NC(C)C)C(C)C. The summed E-state index contributed by atoms with van der Waals surface area (Å²) in [7, 11) is 0. The molecule has 0 aromatic carbocycles. The molecule has 1 N–H and O–H groups in total. The molecule has 0 aliphatic heterocycles. The molecule has 2 nitrogen and oxygen atoms in total. The predicted molar refractivity (Wildman–Crippen MR) is 56.8 cm³/mol. The third-order valence-corrected chi connectivity index (χ3v) is 2.64. The number of carbonyl (C=O) groups is 1. The van der Waals surface area contributed by atoms with Crippen molar-refractivity contribution in [3.8, 4) is 0 Å². The van der Waals surface area contributed by atoms with Gasteiger partial charge in [0.1, 0.15) is 0 Å². The lowest BCUT2D eigenvalue weighted by Crippen LogP contribution is -2.55. The average molecular weight is 185 g/mol. The van der Waals surface area contributed by atoms with Crippen LogP contribution in [0.5, 0.6) is 0 Å². The predicted octanol–water partition coefficient (Wildman–Crippen LogP) is 2.38. The summed E-state index contributed by atoms with van der Waals surface area (Å²) in [6, 6.07) is 0.350. The van der Waals surface area contributed by atoms with Gasteiger partial charge in [-0.3, -0.25) is 4.79 Å². The van der Waals surface area contributed by atoms with Crippen LogP contribution >= 0.6 is 0 Å². The second-order valence-corrected chi connectivity index (χ2v) is 4.43. The van der Waals surface area contributed by atoms with Crippen molar-refractivity contribution in [3.63, 3.8) is 0 Å². The van der Waals surface area contributed by atoms with Crippen LogP contribution in [-0.4, -0.2) is 17.4 Å². The first-order valence-electron chi connectivity index (χ1n) is 5.15. The van der Waals surface area contributed by atoms with E-state index in [1.165, 1.54) is 0 Å². The summed E-state index contributed by atoms with van der Waals surface area (Å²) in [5.41, 5.74) is -0.358. The van der Waals surface area contributed by atoms with Crippen molar-refractivity contribution in [3.05, 3.63) is 0 Å². The Balaban J connectivity index is 4.62. The summed E-state index contributed by atoms with van der Waals surface area (Å²) in [6.07, 6.45) is 0.606. The van der Waals surface area contributed by atoms with Gasteiger partial charge in [0.25, 0.3) is 0 Å². The minimum absolute atomic E-state index is 0.302. The van der Waals surface area contributed by atoms with Crippen molar-refractivity contribution >= 4 is 5.78 Å². The molecule has 1 atom stereocenters. The van der Waals surface area contributed by atoms with E-state index in [1.54, 1.807) is 0 Å². The molecule has 0 saturated carbocycles. The Kier molecular flexibility index (Phi) is 4.62. The summed E-state index contributed by atoms with van der Waals surface area (Å²) in [6.45, 7) is 12.2. The Bertz CT molecular complexity index is 175. The molecule has 0 spiro atoms. The Morgan fingerprint density at radius 2 is 1.77 bits per heavy atom. The highest BCUT2D eigenvalue weighted by Gasteiger charge is 2.34. The molecule has 0 aliphatic carbocycles. The van der Waals surface area contributed by atoms with Gasteiger partial charge in [-0.05, 0) is 26.7 Å². The molecule has 0 aromatic rings. The molecule has 0 aliphatic rings. The van der Waals surface area contributed by atoms with Crippen LogP contribution in [0.3, 0.4) is 0 Å². The zero-order chi connectivity index (χ0) is 10.6. The van der Waals surface area contributed by atoms with E-state index in [9.17, 15) is 4.79 Å². The van der Waals surface area contributed by atoms with Crippen LogP contribution in [-0.2, 0) is 4.79 Å². The van der Waals surface area contributed by atoms with Gasteiger partial charge >= 0.3 is 0 Å². The zero-order valence-corrected chi connectivity index (χ0v) is 9.77. The second kappa shape index (κ2) is 4.75. The third kappa shape index (κ3) is 3.11. The van der Waals surface area contributed by atoms with Crippen LogP contribution in [0, 0.1) is 5.92 Å². The fourth-order valence-corrected chi connectivity index (χ4v) is 1.54. The molecule has 2 heteroatoms. The minimum Gasteiger partial charge on any atom is -0.303 e. The van der Waals surface area contributed by atoms with E-state index in [2.05, 4.69) is 33.0 Å². The van der Waals surface area contributed by atoms with Gasteiger partial charge in [-0.2, -0.15) is 0 Å². The number of rotatable bonds is 5. The highest BCUT2D eigenvalue weighted by atomic mass is 16.1. The summed E-state index contributed by atoms with van der Waals surface area (Å²) in [5.74, 6) is 0.638. The van der Waals surface area contributed by atoms with Gasteiger partial charge < -0.3 is 5.32 Å². The first-order valence-corrected chi connectivity index (χ1v) is 5.15. The number of nitrogens with one attached hydrogen (secondary N) is 1. The van der Waals surface area contributed by atoms with Gasteiger partial charge in [0, 0.05) is 12.5 Å². The lowest BCUT2D eigenvalue weighted by atomic mass is 9.82. The van der Waals surface area contributed by atoms with Crippen molar-refractivity contribution in [1.29, 1.82) is 0 Å². The largest absolute Gasteiger partial charge is 0.303 e. The maximum Gasteiger partial charge on any atom is 0.152 e. The van der Waals surface area contributed by atoms with Crippen molar-refractivity contribution in [2.24, 2.45) is 5.92 Å². The molecule has 0 aromatic heterocycles. The lowest BCUT2D eigenvalue weighted by molar-refractivity contribution is -0.126. The number of carbonyl (C=O) groups excluding carboxylic acids is 1. The smallest absolute Gasteiger partial charge is 0.152 e. The minimum atomic E-state index is -0.358. The van der Waals surface area contributed by atoms with Crippen LogP contribution in [0.2, 0.25) is 0 Å². The topological polar surface area (TPSA) is 29.1 Å². The quantitative estimate of drug-likeness (QED) is 0.712. The Hall–Kier alpha value is -0.370. The van der Waals surface area contributed by atoms with Gasteiger partial charge in [-0.15, -0.1) is 0 Å². The van der Waals surface area contributed by atoms with E-state index in [-0.39, 0.29) is 5.54 Å². The van der Waals surface area contributed by atoms with Gasteiger partial charge in [0.05, 0.1) is 5.54 Å². The maximum atomic E-state index is 11.7. The first kappa shape index (κ1) is 12.6. The highest BCUT2D eigenvalue weighted by Crippen LogP contribution is 2.19. The summed E-state index contributed by atoms with van der Waals surface area (Å²) in [5, 5.41) is 3.36. The number of hydrogen-bond donors (Lipinski definition) is 1. The van der Waals surface area contributed by atoms with E-state index in [4.69, 9.17) is 0 Å². The second-order valence-electron chi connectivity index (χ2n) is 4.43. The summed E-state index contributed by atoms with van der Waals surface area (Å²) >= 11 is 0. The van der Waals surface area contributed by atoms with Gasteiger partial charge in [-0.1, -0.05) is 20.8 Å². The van der Waals surface area contributed by atoms with Gasteiger partial charge in [0.2, 0.25) is 0 Å². The Morgan fingerprint density at radius 1 is 1.31 bits per heavy atom. The highest BCUT2D eigenvalue weighted by molar-refractivity contribution is 5.88. The molecule has 0 bridgehead atoms. The van der Waals surface area contributed by atoms with Crippen LogP contribution in [0.15, 0.2) is 0 Å². The molecule has 0 fully saturated rings. The maximum absolute atomic E-state index is 11.7. The van der Waals surface area contributed by atoms with E-state index >= 15 is 0 Å². The summed E-state index contributed by atoms with van der Waals surface area (Å²) in [4.78, 5) is 11.7. The Labute approximate surface area is 82.1 Å². The number of hydrogen-bond acceptors (Lipinski definition) is 2. The number of ketones is 1. The van der Waals surface area contributed by atoms with Crippen LogP contribution < -0.4 is 5.32 Å². The van der Waals surface area contributed by atoms with Crippen molar-refractivity contribution < 1.29 is 4.79 Å². The molecule has 0 amide bonds. The molecule has 13 heavy (non-hydrogen) atoms. The van der Waals surface area contributed by atoms with Crippen molar-refractivity contribution in [2.45, 2.75) is 59.5 Å². The Morgan fingerprint density at radius 3 is 2.00 bits per heavy atom. The lowest BCUT2D eigenvalue weighted by Gasteiger charge is -2.35. The molecule has 1 unspecified atom stereocenters. The zero-order valence-electron chi connectivity index (χ0n) is 9.77. The molecule has 0 radical (unpaired) electrons. The van der Waals surface area contributed by atoms with Crippen LogP contribution in [0.4, 0.5) is 0 Å². The fourth-order valence-electron chi connectivity index (χ4n) is 1.54.